The summed E-state index contributed by atoms with van der Waals surface area (Å²) in [7, 11) is 0. The fourth-order valence-electron chi connectivity index (χ4n) is 2.26. The van der Waals surface area contributed by atoms with Crippen LogP contribution in [0.1, 0.15) is 11.1 Å². The van der Waals surface area contributed by atoms with Gasteiger partial charge in [0.15, 0.2) is 0 Å². The standard InChI is InChI=1S/C15H13NO2/c1-8-3-4-10-12(6-8)18-13-7-9(2)5-11(16)14(13)15(10)17/h3-7H,16H2,1-2H3. The molecule has 2 N–H and O–H groups in total. The molecule has 0 radical (unpaired) electrons. The van der Waals surface area contributed by atoms with Gasteiger partial charge in [0.05, 0.1) is 10.8 Å². The highest BCUT2D eigenvalue weighted by molar-refractivity contribution is 5.96. The van der Waals surface area contributed by atoms with Crippen molar-refractivity contribution in [3.63, 3.8) is 0 Å². The zero-order valence-electron chi connectivity index (χ0n) is 10.3. The number of benzene rings is 2. The smallest absolute Gasteiger partial charge is 0.202 e. The summed E-state index contributed by atoms with van der Waals surface area (Å²) in [6.07, 6.45) is 0. The third-order valence-electron chi connectivity index (χ3n) is 3.11. The summed E-state index contributed by atoms with van der Waals surface area (Å²) in [5.41, 5.74) is 9.53. The van der Waals surface area contributed by atoms with Crippen molar-refractivity contribution in [3.05, 3.63) is 51.7 Å². The molecule has 0 saturated carbocycles. The van der Waals surface area contributed by atoms with Gasteiger partial charge >= 0.3 is 0 Å². The van der Waals surface area contributed by atoms with Gasteiger partial charge in [0.25, 0.3) is 0 Å². The molecule has 3 rings (SSSR count). The number of fused-ring (bicyclic) bond motifs is 2. The first-order chi connectivity index (χ1) is 8.56. The van der Waals surface area contributed by atoms with E-state index >= 15 is 0 Å². The molecule has 0 fully saturated rings. The van der Waals surface area contributed by atoms with E-state index in [1.807, 2.05) is 32.0 Å². The molecule has 3 heteroatoms. The highest BCUT2D eigenvalue weighted by Gasteiger charge is 2.10. The van der Waals surface area contributed by atoms with Crippen molar-refractivity contribution in [2.24, 2.45) is 0 Å². The van der Waals surface area contributed by atoms with E-state index in [-0.39, 0.29) is 5.43 Å². The molecule has 18 heavy (non-hydrogen) atoms. The Hall–Kier alpha value is -2.29. The van der Waals surface area contributed by atoms with Gasteiger partial charge in [-0.2, -0.15) is 0 Å². The molecule has 0 bridgehead atoms. The van der Waals surface area contributed by atoms with Crippen LogP contribution in [0.4, 0.5) is 5.69 Å². The van der Waals surface area contributed by atoms with Gasteiger partial charge in [-0.3, -0.25) is 4.79 Å². The Balaban J connectivity index is 2.61. The van der Waals surface area contributed by atoms with Gasteiger partial charge < -0.3 is 10.2 Å². The average molecular weight is 239 g/mol. The fraction of sp³-hybridized carbons (Fsp3) is 0.133. The molecule has 0 atom stereocenters. The van der Waals surface area contributed by atoms with Crippen LogP contribution >= 0.6 is 0 Å². The summed E-state index contributed by atoms with van der Waals surface area (Å²) < 4.78 is 5.79. The lowest BCUT2D eigenvalue weighted by atomic mass is 10.1. The highest BCUT2D eigenvalue weighted by Crippen LogP contribution is 2.24. The second-order valence-electron chi connectivity index (χ2n) is 4.66. The Morgan fingerprint density at radius 3 is 2.50 bits per heavy atom. The van der Waals surface area contributed by atoms with E-state index in [9.17, 15) is 4.79 Å². The van der Waals surface area contributed by atoms with Crippen LogP contribution in [0.25, 0.3) is 21.9 Å². The van der Waals surface area contributed by atoms with Crippen molar-refractivity contribution in [2.75, 3.05) is 5.73 Å². The molecular weight excluding hydrogens is 226 g/mol. The van der Waals surface area contributed by atoms with Crippen LogP contribution in [-0.4, -0.2) is 0 Å². The fourth-order valence-corrected chi connectivity index (χ4v) is 2.26. The Labute approximate surface area is 104 Å². The van der Waals surface area contributed by atoms with E-state index in [0.29, 0.717) is 27.6 Å². The molecule has 3 aromatic rings. The lowest BCUT2D eigenvalue weighted by Crippen LogP contribution is -2.05. The van der Waals surface area contributed by atoms with Gasteiger partial charge in [0.2, 0.25) is 5.43 Å². The molecule has 2 aromatic carbocycles. The quantitative estimate of drug-likeness (QED) is 0.484. The lowest BCUT2D eigenvalue weighted by Gasteiger charge is -2.05. The zero-order valence-corrected chi connectivity index (χ0v) is 10.3. The zero-order chi connectivity index (χ0) is 12.9. The van der Waals surface area contributed by atoms with Crippen LogP contribution in [0.5, 0.6) is 0 Å². The monoisotopic (exact) mass is 239 g/mol. The summed E-state index contributed by atoms with van der Waals surface area (Å²) in [6.45, 7) is 3.89. The van der Waals surface area contributed by atoms with E-state index in [0.717, 1.165) is 11.1 Å². The van der Waals surface area contributed by atoms with Crippen molar-refractivity contribution in [3.8, 4) is 0 Å². The SMILES string of the molecule is Cc1ccc2c(=O)c3c(N)cc(C)cc3oc2c1. The van der Waals surface area contributed by atoms with Crippen molar-refractivity contribution >= 4 is 27.6 Å². The molecule has 3 nitrogen and oxygen atoms in total. The molecule has 0 spiro atoms. The maximum absolute atomic E-state index is 12.4. The van der Waals surface area contributed by atoms with Crippen molar-refractivity contribution in [2.45, 2.75) is 13.8 Å². The maximum atomic E-state index is 12.4. The molecule has 1 heterocycles. The Kier molecular flexibility index (Phi) is 2.17. The van der Waals surface area contributed by atoms with Crippen molar-refractivity contribution in [1.82, 2.24) is 0 Å². The second kappa shape index (κ2) is 3.60. The minimum atomic E-state index is -0.0660. The van der Waals surface area contributed by atoms with Crippen LogP contribution in [0.3, 0.4) is 0 Å². The van der Waals surface area contributed by atoms with Gasteiger partial charge in [-0.05, 0) is 49.2 Å². The minimum absolute atomic E-state index is 0.0660. The maximum Gasteiger partial charge on any atom is 0.202 e. The summed E-state index contributed by atoms with van der Waals surface area (Å²) in [5, 5.41) is 1.04. The molecular formula is C15H13NO2. The summed E-state index contributed by atoms with van der Waals surface area (Å²) >= 11 is 0. The van der Waals surface area contributed by atoms with E-state index in [4.69, 9.17) is 10.2 Å². The Bertz CT molecular complexity index is 831. The second-order valence-corrected chi connectivity index (χ2v) is 4.66. The molecule has 0 aliphatic heterocycles. The minimum Gasteiger partial charge on any atom is -0.456 e. The van der Waals surface area contributed by atoms with E-state index in [1.54, 1.807) is 12.1 Å². The van der Waals surface area contributed by atoms with Gasteiger partial charge in [-0.1, -0.05) is 6.07 Å². The predicted molar refractivity (Wildman–Crippen MR) is 73.9 cm³/mol. The normalized spacial score (nSPS) is 11.2. The van der Waals surface area contributed by atoms with Crippen LogP contribution in [0.15, 0.2) is 39.5 Å². The topological polar surface area (TPSA) is 56.2 Å². The molecule has 0 aliphatic carbocycles. The number of rotatable bonds is 0. The largest absolute Gasteiger partial charge is 0.456 e. The van der Waals surface area contributed by atoms with Gasteiger partial charge in [-0.25, -0.2) is 0 Å². The predicted octanol–water partition coefficient (Wildman–Crippen LogP) is 3.15. The van der Waals surface area contributed by atoms with E-state index < -0.39 is 0 Å². The van der Waals surface area contributed by atoms with Crippen molar-refractivity contribution in [1.29, 1.82) is 0 Å². The summed E-state index contributed by atoms with van der Waals surface area (Å²) in [6, 6.07) is 9.19. The number of hydrogen-bond donors (Lipinski definition) is 1. The molecule has 1 aromatic heterocycles. The van der Waals surface area contributed by atoms with Crippen molar-refractivity contribution < 1.29 is 4.42 Å². The summed E-state index contributed by atoms with van der Waals surface area (Å²) in [5.74, 6) is 0. The first-order valence-electron chi connectivity index (χ1n) is 5.79. The molecule has 0 amide bonds. The molecule has 0 saturated heterocycles. The average Bonchev–Trinajstić information content (AvgIpc) is 2.27. The number of aryl methyl sites for hydroxylation is 2. The number of nitrogen functional groups attached to an aromatic ring is 1. The van der Waals surface area contributed by atoms with Crippen LogP contribution in [0, 0.1) is 13.8 Å². The van der Waals surface area contributed by atoms with Gasteiger partial charge in [0, 0.05) is 5.69 Å². The van der Waals surface area contributed by atoms with E-state index in [2.05, 4.69) is 0 Å². The third kappa shape index (κ3) is 1.48. The third-order valence-corrected chi connectivity index (χ3v) is 3.11. The number of anilines is 1. The highest BCUT2D eigenvalue weighted by atomic mass is 16.3. The molecule has 90 valence electrons. The Morgan fingerprint density at radius 1 is 1.00 bits per heavy atom. The van der Waals surface area contributed by atoms with Crippen LogP contribution in [-0.2, 0) is 0 Å². The van der Waals surface area contributed by atoms with Crippen LogP contribution in [0.2, 0.25) is 0 Å². The Morgan fingerprint density at radius 2 is 1.72 bits per heavy atom. The summed E-state index contributed by atoms with van der Waals surface area (Å²) in [4.78, 5) is 12.4. The lowest BCUT2D eigenvalue weighted by molar-refractivity contribution is 0.659. The first kappa shape index (κ1) is 10.8. The number of nitrogens with two attached hydrogens (primary N) is 1. The molecule has 0 aliphatic rings. The van der Waals surface area contributed by atoms with Gasteiger partial charge in [-0.15, -0.1) is 0 Å². The number of hydrogen-bond acceptors (Lipinski definition) is 3. The van der Waals surface area contributed by atoms with Crippen LogP contribution < -0.4 is 11.2 Å². The van der Waals surface area contributed by atoms with Gasteiger partial charge in [0.1, 0.15) is 11.2 Å². The molecule has 0 unspecified atom stereocenters. The van der Waals surface area contributed by atoms with E-state index in [1.165, 1.54) is 0 Å². The first-order valence-corrected chi connectivity index (χ1v) is 5.79.